The van der Waals surface area contributed by atoms with Gasteiger partial charge >= 0.3 is 0 Å². The molecule has 2 aliphatic rings. The van der Waals surface area contributed by atoms with Crippen molar-refractivity contribution in [1.82, 2.24) is 5.32 Å². The predicted molar refractivity (Wildman–Crippen MR) is 75.8 cm³/mol. The minimum atomic E-state index is -0.438. The van der Waals surface area contributed by atoms with Crippen LogP contribution in [-0.2, 0) is 11.2 Å². The lowest BCUT2D eigenvalue weighted by Crippen LogP contribution is -2.42. The van der Waals surface area contributed by atoms with E-state index >= 15 is 0 Å². The van der Waals surface area contributed by atoms with E-state index in [1.165, 1.54) is 6.07 Å². The molecule has 2 heterocycles. The van der Waals surface area contributed by atoms with Gasteiger partial charge in [-0.25, -0.2) is 4.39 Å². The van der Waals surface area contributed by atoms with E-state index < -0.39 is 11.9 Å². The van der Waals surface area contributed by atoms with Gasteiger partial charge in [-0.1, -0.05) is 0 Å². The molecule has 1 fully saturated rings. The van der Waals surface area contributed by atoms with Gasteiger partial charge in [-0.2, -0.15) is 0 Å². The van der Waals surface area contributed by atoms with E-state index in [1.807, 2.05) is 0 Å². The summed E-state index contributed by atoms with van der Waals surface area (Å²) in [6, 6.07) is 2.90. The molecule has 0 unspecified atom stereocenters. The van der Waals surface area contributed by atoms with Crippen molar-refractivity contribution in [3.05, 3.63) is 23.5 Å². The van der Waals surface area contributed by atoms with Gasteiger partial charge in [0.2, 0.25) is 5.91 Å². The fraction of sp³-hybridized carbons (Fsp3) is 0.533. The van der Waals surface area contributed by atoms with Gasteiger partial charge in [0.25, 0.3) is 0 Å². The summed E-state index contributed by atoms with van der Waals surface area (Å²) in [6.45, 7) is 1.84. The van der Waals surface area contributed by atoms with E-state index in [-0.39, 0.29) is 17.5 Å². The number of carbonyl (C=O) groups excluding carboxylic acids is 1. The molecule has 0 bridgehead atoms. The van der Waals surface area contributed by atoms with E-state index in [9.17, 15) is 14.3 Å². The van der Waals surface area contributed by atoms with Crippen molar-refractivity contribution >= 4 is 11.6 Å². The molecule has 1 aromatic carbocycles. The molecule has 0 aromatic heterocycles. The standard InChI is InChI=1S/C15H19FN2O3/c16-11-2-3-13(10-1-4-14(20)18-15(10)11)21-8-9-5-6-17-7-12(9)19/h2-3,9,12,17,19H,1,4-8H2,(H,18,20)/t9-,12+/m0/s1. The minimum Gasteiger partial charge on any atom is -0.493 e. The van der Waals surface area contributed by atoms with Crippen LogP contribution in [0.5, 0.6) is 5.75 Å². The SMILES string of the molecule is O=C1CCc2c(OC[C@@H]3CCNC[C@H]3O)ccc(F)c2N1. The summed E-state index contributed by atoms with van der Waals surface area (Å²) >= 11 is 0. The second kappa shape index (κ2) is 5.99. The highest BCUT2D eigenvalue weighted by atomic mass is 19.1. The topological polar surface area (TPSA) is 70.6 Å². The number of aliphatic hydroxyl groups excluding tert-OH is 1. The van der Waals surface area contributed by atoms with Gasteiger partial charge in [-0.05, 0) is 31.5 Å². The summed E-state index contributed by atoms with van der Waals surface area (Å²) in [6.07, 6.45) is 1.24. The van der Waals surface area contributed by atoms with Gasteiger partial charge in [0.15, 0.2) is 0 Å². The van der Waals surface area contributed by atoms with E-state index in [2.05, 4.69) is 10.6 Å². The molecular formula is C15H19FN2O3. The van der Waals surface area contributed by atoms with Gasteiger partial charge in [-0.15, -0.1) is 0 Å². The third-order valence-electron chi connectivity index (χ3n) is 4.13. The highest BCUT2D eigenvalue weighted by molar-refractivity contribution is 5.94. The lowest BCUT2D eigenvalue weighted by atomic mass is 9.96. The van der Waals surface area contributed by atoms with Crippen LogP contribution in [0.4, 0.5) is 10.1 Å². The number of fused-ring (bicyclic) bond motifs is 1. The number of amides is 1. The van der Waals surface area contributed by atoms with Crippen LogP contribution >= 0.6 is 0 Å². The molecule has 5 nitrogen and oxygen atoms in total. The Bertz CT molecular complexity index is 550. The highest BCUT2D eigenvalue weighted by Crippen LogP contribution is 2.34. The van der Waals surface area contributed by atoms with Crippen molar-refractivity contribution in [3.8, 4) is 5.75 Å². The largest absolute Gasteiger partial charge is 0.493 e. The normalized spacial score (nSPS) is 25.1. The van der Waals surface area contributed by atoms with Crippen LogP contribution in [-0.4, -0.2) is 36.8 Å². The van der Waals surface area contributed by atoms with Gasteiger partial charge in [0, 0.05) is 24.4 Å². The van der Waals surface area contributed by atoms with Crippen molar-refractivity contribution < 1.29 is 19.0 Å². The summed E-state index contributed by atoms with van der Waals surface area (Å²) in [7, 11) is 0. The van der Waals surface area contributed by atoms with Crippen LogP contribution in [0, 0.1) is 11.7 Å². The van der Waals surface area contributed by atoms with E-state index in [4.69, 9.17) is 4.74 Å². The zero-order valence-corrected chi connectivity index (χ0v) is 11.7. The summed E-state index contributed by atoms with van der Waals surface area (Å²) < 4.78 is 19.6. The Morgan fingerprint density at radius 1 is 1.38 bits per heavy atom. The molecule has 1 saturated heterocycles. The first-order valence-corrected chi connectivity index (χ1v) is 7.28. The number of β-amino-alcohol motifs (C(OH)–C–C–N with tert-alkyl or cyclic N) is 1. The smallest absolute Gasteiger partial charge is 0.224 e. The summed E-state index contributed by atoms with van der Waals surface area (Å²) in [5, 5.41) is 15.6. The maximum absolute atomic E-state index is 13.8. The van der Waals surface area contributed by atoms with Crippen LogP contribution < -0.4 is 15.4 Å². The van der Waals surface area contributed by atoms with Crippen LogP contribution in [0.15, 0.2) is 12.1 Å². The second-order valence-electron chi connectivity index (χ2n) is 5.58. The van der Waals surface area contributed by atoms with E-state index in [0.29, 0.717) is 37.3 Å². The van der Waals surface area contributed by atoms with Crippen molar-refractivity contribution in [2.24, 2.45) is 5.92 Å². The van der Waals surface area contributed by atoms with E-state index in [1.54, 1.807) is 6.07 Å². The summed E-state index contributed by atoms with van der Waals surface area (Å²) in [5.74, 6) is 0.0573. The Hall–Kier alpha value is -1.66. The fourth-order valence-electron chi connectivity index (χ4n) is 2.85. The Morgan fingerprint density at radius 2 is 2.24 bits per heavy atom. The molecule has 0 radical (unpaired) electrons. The fourth-order valence-corrected chi connectivity index (χ4v) is 2.85. The second-order valence-corrected chi connectivity index (χ2v) is 5.58. The van der Waals surface area contributed by atoms with Crippen LogP contribution in [0.3, 0.4) is 0 Å². The van der Waals surface area contributed by atoms with Gasteiger partial charge in [0.05, 0.1) is 18.4 Å². The number of carbonyl (C=O) groups is 1. The predicted octanol–water partition coefficient (Wildman–Crippen LogP) is 1.06. The molecule has 2 atom stereocenters. The molecular weight excluding hydrogens is 275 g/mol. The highest BCUT2D eigenvalue weighted by Gasteiger charge is 2.25. The summed E-state index contributed by atoms with van der Waals surface area (Å²) in [5.41, 5.74) is 0.938. The third kappa shape index (κ3) is 3.01. The quantitative estimate of drug-likeness (QED) is 0.779. The molecule has 114 valence electrons. The Labute approximate surface area is 122 Å². The molecule has 0 spiro atoms. The number of rotatable bonds is 3. The number of ether oxygens (including phenoxy) is 1. The molecule has 0 aliphatic carbocycles. The average molecular weight is 294 g/mol. The summed E-state index contributed by atoms with van der Waals surface area (Å²) in [4.78, 5) is 11.4. The monoisotopic (exact) mass is 294 g/mol. The van der Waals surface area contributed by atoms with Crippen molar-refractivity contribution in [1.29, 1.82) is 0 Å². The van der Waals surface area contributed by atoms with Crippen molar-refractivity contribution in [2.75, 3.05) is 25.0 Å². The number of aliphatic hydroxyl groups is 1. The molecule has 3 N–H and O–H groups in total. The molecule has 0 saturated carbocycles. The van der Waals surface area contributed by atoms with E-state index in [0.717, 1.165) is 13.0 Å². The lowest BCUT2D eigenvalue weighted by molar-refractivity contribution is -0.116. The zero-order valence-electron chi connectivity index (χ0n) is 11.7. The minimum absolute atomic E-state index is 0.0742. The first kappa shape index (κ1) is 14.3. The van der Waals surface area contributed by atoms with Gasteiger partial charge in [0.1, 0.15) is 11.6 Å². The third-order valence-corrected chi connectivity index (χ3v) is 4.13. The number of anilines is 1. The average Bonchev–Trinajstić information content (AvgIpc) is 2.48. The number of hydrogen-bond acceptors (Lipinski definition) is 4. The molecule has 1 aromatic rings. The molecule has 21 heavy (non-hydrogen) atoms. The van der Waals surface area contributed by atoms with Crippen LogP contribution in [0.1, 0.15) is 18.4 Å². The number of piperidine rings is 1. The molecule has 3 rings (SSSR count). The molecule has 2 aliphatic heterocycles. The maximum atomic E-state index is 13.8. The first-order chi connectivity index (χ1) is 10.1. The number of hydrogen-bond donors (Lipinski definition) is 3. The first-order valence-electron chi connectivity index (χ1n) is 7.28. The number of benzene rings is 1. The Balaban J connectivity index is 1.74. The van der Waals surface area contributed by atoms with Gasteiger partial charge < -0.3 is 20.5 Å². The Kier molecular flexibility index (Phi) is 4.07. The molecule has 6 heteroatoms. The lowest BCUT2D eigenvalue weighted by Gasteiger charge is -2.29. The van der Waals surface area contributed by atoms with Gasteiger partial charge in [-0.3, -0.25) is 4.79 Å². The number of halogens is 1. The van der Waals surface area contributed by atoms with Crippen LogP contribution in [0.25, 0.3) is 0 Å². The zero-order chi connectivity index (χ0) is 14.8. The maximum Gasteiger partial charge on any atom is 0.224 e. The van der Waals surface area contributed by atoms with Crippen molar-refractivity contribution in [3.63, 3.8) is 0 Å². The van der Waals surface area contributed by atoms with Crippen molar-refractivity contribution in [2.45, 2.75) is 25.4 Å². The number of nitrogens with one attached hydrogen (secondary N) is 2. The Morgan fingerprint density at radius 3 is 3.05 bits per heavy atom. The van der Waals surface area contributed by atoms with Crippen LogP contribution in [0.2, 0.25) is 0 Å². The molecule has 1 amide bonds.